The first-order chi connectivity index (χ1) is 14.9. The number of nitrogens with one attached hydrogen (secondary N) is 1. The van der Waals surface area contributed by atoms with Gasteiger partial charge >= 0.3 is 24.1 Å². The van der Waals surface area contributed by atoms with E-state index < -0.39 is 30.2 Å². The first-order valence-corrected chi connectivity index (χ1v) is 9.33. The highest BCUT2D eigenvalue weighted by Crippen LogP contribution is 2.16. The summed E-state index contributed by atoms with van der Waals surface area (Å²) in [6.07, 6.45) is -1.84. The topological polar surface area (TPSA) is 131 Å². The summed E-state index contributed by atoms with van der Waals surface area (Å²) in [6.45, 7) is -0.503. The summed E-state index contributed by atoms with van der Waals surface area (Å²) < 4.78 is 15.2. The maximum Gasteiger partial charge on any atom is 0.413 e. The van der Waals surface area contributed by atoms with E-state index in [1.807, 2.05) is 6.07 Å². The van der Waals surface area contributed by atoms with Gasteiger partial charge in [-0.2, -0.15) is 0 Å². The van der Waals surface area contributed by atoms with E-state index in [0.717, 1.165) is 10.5 Å². The van der Waals surface area contributed by atoms with Crippen molar-refractivity contribution in [2.75, 3.05) is 13.3 Å². The third-order valence-electron chi connectivity index (χ3n) is 4.34. The van der Waals surface area contributed by atoms with Crippen LogP contribution in [0.15, 0.2) is 54.6 Å². The molecule has 0 bridgehead atoms. The standard InChI is InChI=1S/C21H20N2O8/c24-18(25)10-15-7-4-8-16(9-15)31-20(27)22-11-17-19(26)30-13-23(17)21(28)29-12-14-5-2-1-3-6-14/h1-9,17H,10-13H2,(H,22,27)(H,24,25)/t17-/m0/s1. The van der Waals surface area contributed by atoms with Crippen molar-refractivity contribution in [3.63, 3.8) is 0 Å². The Morgan fingerprint density at radius 2 is 1.84 bits per heavy atom. The number of esters is 1. The molecule has 0 aliphatic carbocycles. The number of hydrogen-bond acceptors (Lipinski definition) is 7. The average Bonchev–Trinajstić information content (AvgIpc) is 3.11. The van der Waals surface area contributed by atoms with E-state index in [1.54, 1.807) is 36.4 Å². The van der Waals surface area contributed by atoms with Gasteiger partial charge in [-0.1, -0.05) is 42.5 Å². The molecule has 2 amide bonds. The minimum Gasteiger partial charge on any atom is -0.481 e. The number of nitrogens with zero attached hydrogens (tertiary/aromatic N) is 1. The number of amides is 2. The monoisotopic (exact) mass is 428 g/mol. The molecule has 0 radical (unpaired) electrons. The van der Waals surface area contributed by atoms with E-state index in [-0.39, 0.29) is 32.1 Å². The lowest BCUT2D eigenvalue weighted by Gasteiger charge is -2.20. The number of hydrogen-bond donors (Lipinski definition) is 2. The molecule has 0 spiro atoms. The number of carbonyl (C=O) groups excluding carboxylic acids is 3. The van der Waals surface area contributed by atoms with E-state index >= 15 is 0 Å². The molecule has 1 aliphatic heterocycles. The molecule has 0 aromatic heterocycles. The molecular weight excluding hydrogens is 408 g/mol. The van der Waals surface area contributed by atoms with Gasteiger partial charge in [-0.25, -0.2) is 14.4 Å². The fraction of sp³-hybridized carbons (Fsp3) is 0.238. The average molecular weight is 428 g/mol. The van der Waals surface area contributed by atoms with Gasteiger partial charge in [0.1, 0.15) is 12.4 Å². The summed E-state index contributed by atoms with van der Waals surface area (Å²) in [7, 11) is 0. The van der Waals surface area contributed by atoms with Crippen LogP contribution in [0.3, 0.4) is 0 Å². The highest BCUT2D eigenvalue weighted by Gasteiger charge is 2.39. The van der Waals surface area contributed by atoms with E-state index in [4.69, 9.17) is 19.3 Å². The number of carboxylic acid groups (broad SMARTS) is 1. The van der Waals surface area contributed by atoms with E-state index in [0.29, 0.717) is 5.56 Å². The van der Waals surface area contributed by atoms with Crippen LogP contribution in [0.25, 0.3) is 0 Å². The van der Waals surface area contributed by atoms with Gasteiger partial charge < -0.3 is 24.6 Å². The molecule has 2 N–H and O–H groups in total. The van der Waals surface area contributed by atoms with Gasteiger partial charge in [0.05, 0.1) is 13.0 Å². The number of cyclic esters (lactones) is 1. The molecule has 1 atom stereocenters. The molecule has 31 heavy (non-hydrogen) atoms. The highest BCUT2D eigenvalue weighted by molar-refractivity contribution is 5.84. The van der Waals surface area contributed by atoms with Crippen molar-refractivity contribution in [1.29, 1.82) is 0 Å². The Morgan fingerprint density at radius 1 is 1.10 bits per heavy atom. The fourth-order valence-electron chi connectivity index (χ4n) is 2.84. The zero-order valence-electron chi connectivity index (χ0n) is 16.4. The van der Waals surface area contributed by atoms with Crippen molar-refractivity contribution in [2.45, 2.75) is 19.1 Å². The Kier molecular flexibility index (Phi) is 7.05. The van der Waals surface area contributed by atoms with E-state index in [1.165, 1.54) is 12.1 Å². The van der Waals surface area contributed by atoms with Gasteiger partial charge in [0.15, 0.2) is 12.8 Å². The first-order valence-electron chi connectivity index (χ1n) is 9.33. The normalized spacial score (nSPS) is 15.2. The van der Waals surface area contributed by atoms with Crippen molar-refractivity contribution in [1.82, 2.24) is 10.2 Å². The third-order valence-corrected chi connectivity index (χ3v) is 4.34. The lowest BCUT2D eigenvalue weighted by atomic mass is 10.1. The second-order valence-electron chi connectivity index (χ2n) is 6.61. The Morgan fingerprint density at radius 3 is 2.58 bits per heavy atom. The van der Waals surface area contributed by atoms with Crippen molar-refractivity contribution in [3.8, 4) is 5.75 Å². The second kappa shape index (κ2) is 10.1. The molecule has 0 unspecified atom stereocenters. The summed E-state index contributed by atoms with van der Waals surface area (Å²) in [4.78, 5) is 48.2. The van der Waals surface area contributed by atoms with Gasteiger partial charge in [0, 0.05) is 0 Å². The van der Waals surface area contributed by atoms with Crippen molar-refractivity contribution in [3.05, 3.63) is 65.7 Å². The maximum absolute atomic E-state index is 12.3. The first kappa shape index (κ1) is 21.6. The molecule has 3 rings (SSSR count). The molecule has 1 saturated heterocycles. The zero-order valence-corrected chi connectivity index (χ0v) is 16.4. The highest BCUT2D eigenvalue weighted by atomic mass is 16.6. The molecule has 10 nitrogen and oxygen atoms in total. The summed E-state index contributed by atoms with van der Waals surface area (Å²) in [5, 5.41) is 11.2. The Bertz CT molecular complexity index is 963. The summed E-state index contributed by atoms with van der Waals surface area (Å²) >= 11 is 0. The largest absolute Gasteiger partial charge is 0.481 e. The summed E-state index contributed by atoms with van der Waals surface area (Å²) in [5.74, 6) is -1.55. The summed E-state index contributed by atoms with van der Waals surface area (Å²) in [6, 6.07) is 14.0. The summed E-state index contributed by atoms with van der Waals surface area (Å²) in [5.41, 5.74) is 1.25. The van der Waals surface area contributed by atoms with Crippen LogP contribution in [0.1, 0.15) is 11.1 Å². The molecule has 1 aliphatic rings. The molecule has 2 aromatic rings. The lowest BCUT2D eigenvalue weighted by molar-refractivity contribution is -0.139. The Hall–Kier alpha value is -4.08. The minimum absolute atomic E-state index is 0.0270. The van der Waals surface area contributed by atoms with Crippen LogP contribution >= 0.6 is 0 Å². The van der Waals surface area contributed by atoms with Crippen LogP contribution in [0.4, 0.5) is 9.59 Å². The molecule has 162 valence electrons. The van der Waals surface area contributed by atoms with Crippen LogP contribution < -0.4 is 10.1 Å². The van der Waals surface area contributed by atoms with Crippen molar-refractivity contribution < 1.29 is 38.5 Å². The van der Waals surface area contributed by atoms with E-state index in [9.17, 15) is 19.2 Å². The predicted molar refractivity (Wildman–Crippen MR) is 105 cm³/mol. The number of carbonyl (C=O) groups is 4. The molecule has 1 fully saturated rings. The number of carboxylic acids is 1. The zero-order chi connectivity index (χ0) is 22.2. The fourth-order valence-corrected chi connectivity index (χ4v) is 2.84. The number of ether oxygens (including phenoxy) is 3. The number of benzene rings is 2. The maximum atomic E-state index is 12.3. The number of rotatable bonds is 7. The predicted octanol–water partition coefficient (Wildman–Crippen LogP) is 1.92. The van der Waals surface area contributed by atoms with Crippen LogP contribution in [0.5, 0.6) is 5.75 Å². The van der Waals surface area contributed by atoms with Crippen molar-refractivity contribution >= 4 is 24.1 Å². The second-order valence-corrected chi connectivity index (χ2v) is 6.61. The van der Waals surface area contributed by atoms with Gasteiger partial charge in [0.2, 0.25) is 0 Å². The lowest BCUT2D eigenvalue weighted by Crippen LogP contribution is -2.46. The van der Waals surface area contributed by atoms with E-state index in [2.05, 4.69) is 5.32 Å². The van der Waals surface area contributed by atoms with Crippen molar-refractivity contribution in [2.24, 2.45) is 0 Å². The van der Waals surface area contributed by atoms with Crippen LogP contribution in [0.2, 0.25) is 0 Å². The molecule has 2 aromatic carbocycles. The molecule has 0 saturated carbocycles. The third kappa shape index (κ3) is 6.20. The Balaban J connectivity index is 1.51. The Labute approximate surface area is 177 Å². The van der Waals surface area contributed by atoms with Gasteiger partial charge in [0.25, 0.3) is 0 Å². The SMILES string of the molecule is O=C(O)Cc1cccc(OC(=O)NC[C@H]2C(=O)OCN2C(=O)OCc2ccccc2)c1. The van der Waals surface area contributed by atoms with Gasteiger partial charge in [-0.15, -0.1) is 0 Å². The van der Waals surface area contributed by atoms with Gasteiger partial charge in [-0.3, -0.25) is 9.69 Å². The smallest absolute Gasteiger partial charge is 0.413 e. The minimum atomic E-state index is -1.06. The van der Waals surface area contributed by atoms with Crippen LogP contribution in [-0.4, -0.2) is 53.4 Å². The quantitative estimate of drug-likeness (QED) is 0.640. The molecular formula is C21H20N2O8. The molecule has 10 heteroatoms. The van der Waals surface area contributed by atoms with Gasteiger partial charge in [-0.05, 0) is 23.3 Å². The molecule has 1 heterocycles. The van der Waals surface area contributed by atoms with Crippen LogP contribution in [-0.2, 0) is 32.1 Å². The number of aliphatic carboxylic acids is 1. The van der Waals surface area contributed by atoms with Crippen LogP contribution in [0, 0.1) is 0 Å².